The Kier molecular flexibility index (Phi) is 7.97. The first-order valence-electron chi connectivity index (χ1n) is 17.9. The number of nitro groups is 1. The average molecular weight is 702 g/mol. The van der Waals surface area contributed by atoms with Gasteiger partial charge in [-0.25, -0.2) is 9.97 Å². The van der Waals surface area contributed by atoms with Gasteiger partial charge in [0, 0.05) is 50.4 Å². The molecule has 0 fully saturated rings. The summed E-state index contributed by atoms with van der Waals surface area (Å²) in [5.41, 5.74) is 16.8. The summed E-state index contributed by atoms with van der Waals surface area (Å²) in [4.78, 5) is 30.2. The second-order valence-electron chi connectivity index (χ2n) is 13.9. The van der Waals surface area contributed by atoms with Gasteiger partial charge in [-0.05, 0) is 92.1 Å². The van der Waals surface area contributed by atoms with Gasteiger partial charge in [-0.1, -0.05) is 102 Å². The molecule has 2 N–H and O–H groups in total. The number of aromatic nitrogens is 4. The van der Waals surface area contributed by atoms with Crippen molar-refractivity contribution in [3.05, 3.63) is 171 Å². The molecule has 8 bridgehead atoms. The summed E-state index contributed by atoms with van der Waals surface area (Å²) in [6, 6.07) is 40.5. The number of fused-ring (bicyclic) bond motifs is 8. The van der Waals surface area contributed by atoms with Crippen LogP contribution < -0.4 is 0 Å². The minimum Gasteiger partial charge on any atom is -0.354 e. The number of aryl methyl sites for hydroxylation is 3. The van der Waals surface area contributed by atoms with E-state index >= 15 is 0 Å². The van der Waals surface area contributed by atoms with Gasteiger partial charge in [-0.15, -0.1) is 0 Å². The monoisotopic (exact) mass is 701 g/mol. The molecule has 0 saturated heterocycles. The zero-order chi connectivity index (χ0) is 36.9. The zero-order valence-corrected chi connectivity index (χ0v) is 30.0. The van der Waals surface area contributed by atoms with E-state index in [1.165, 1.54) is 5.56 Å². The van der Waals surface area contributed by atoms with Gasteiger partial charge in [0.15, 0.2) is 0 Å². The Labute approximate surface area is 312 Å². The highest BCUT2D eigenvalue weighted by atomic mass is 16.6. The molecule has 0 aliphatic carbocycles. The number of nitrogens with one attached hydrogen (secondary N) is 2. The van der Waals surface area contributed by atoms with Crippen molar-refractivity contribution in [1.29, 1.82) is 0 Å². The molecule has 2 aliphatic rings. The van der Waals surface area contributed by atoms with Crippen LogP contribution in [0.1, 0.15) is 39.5 Å². The maximum absolute atomic E-state index is 12.5. The second kappa shape index (κ2) is 13.1. The van der Waals surface area contributed by atoms with Crippen molar-refractivity contribution in [2.45, 2.75) is 20.8 Å². The summed E-state index contributed by atoms with van der Waals surface area (Å²) in [6.07, 6.45) is 8.11. The highest BCUT2D eigenvalue weighted by Crippen LogP contribution is 2.40. The second-order valence-corrected chi connectivity index (χ2v) is 13.9. The molecule has 260 valence electrons. The fourth-order valence-corrected chi connectivity index (χ4v) is 7.40. The summed E-state index contributed by atoms with van der Waals surface area (Å²) in [5.74, 6) is 0. The predicted octanol–water partition coefficient (Wildman–Crippen LogP) is 12.2. The molecular weight excluding hydrogens is 667 g/mol. The number of hydrogen-bond donors (Lipinski definition) is 2. The van der Waals surface area contributed by atoms with Crippen molar-refractivity contribution in [1.82, 2.24) is 19.9 Å². The quantitative estimate of drug-likeness (QED) is 0.138. The number of H-pyrrole nitrogens is 2. The van der Waals surface area contributed by atoms with E-state index in [2.05, 4.69) is 128 Å². The lowest BCUT2D eigenvalue weighted by atomic mass is 10.0. The van der Waals surface area contributed by atoms with E-state index in [0.717, 1.165) is 78.1 Å². The van der Waals surface area contributed by atoms with Crippen LogP contribution in [0.5, 0.6) is 0 Å². The standard InChI is InChI=1S/C47H35N5O2/c1-28-8-14-31(15-9-28)44-35-20-22-37(48-35)45(32-16-10-29(2)11-17-32)39-24-26-41(50-39)47(34-6-4-5-7-43(34)52(53)54)42-27-25-40(51-42)46(38-23-21-36(44)49-38)33-18-12-30(3)13-19-33/h4-27,48,51H,1-3H3. The number of aromatic amines is 2. The van der Waals surface area contributed by atoms with Crippen molar-refractivity contribution in [2.24, 2.45) is 0 Å². The van der Waals surface area contributed by atoms with Gasteiger partial charge in [0.25, 0.3) is 5.69 Å². The van der Waals surface area contributed by atoms with Gasteiger partial charge < -0.3 is 9.97 Å². The number of nitrogens with zero attached hydrogens (tertiary/aromatic N) is 3. The van der Waals surface area contributed by atoms with Gasteiger partial charge in [-0.3, -0.25) is 10.1 Å². The molecule has 3 aromatic heterocycles. The molecule has 2 aliphatic heterocycles. The Morgan fingerprint density at radius 1 is 0.444 bits per heavy atom. The van der Waals surface area contributed by atoms with Crippen LogP contribution in [0.2, 0.25) is 0 Å². The summed E-state index contributed by atoms with van der Waals surface area (Å²) in [6.45, 7) is 6.24. The molecule has 9 rings (SSSR count). The Bertz CT molecular complexity index is 2810. The average Bonchev–Trinajstić information content (AvgIpc) is 4.02. The predicted molar refractivity (Wildman–Crippen MR) is 221 cm³/mol. The summed E-state index contributed by atoms with van der Waals surface area (Å²) < 4.78 is 0. The lowest BCUT2D eigenvalue weighted by Crippen LogP contribution is -1.94. The molecule has 7 nitrogen and oxygen atoms in total. The minimum absolute atomic E-state index is 0.00334. The van der Waals surface area contributed by atoms with Gasteiger partial charge in [-0.2, -0.15) is 0 Å². The largest absolute Gasteiger partial charge is 0.354 e. The molecule has 0 atom stereocenters. The van der Waals surface area contributed by atoms with Crippen LogP contribution in [0.4, 0.5) is 5.69 Å². The van der Waals surface area contributed by atoms with Gasteiger partial charge in [0.2, 0.25) is 0 Å². The van der Waals surface area contributed by atoms with Crippen LogP contribution >= 0.6 is 0 Å². The first-order chi connectivity index (χ1) is 26.3. The molecule has 7 aromatic rings. The maximum atomic E-state index is 12.5. The molecule has 0 unspecified atom stereocenters. The zero-order valence-electron chi connectivity index (χ0n) is 30.0. The molecule has 0 spiro atoms. The van der Waals surface area contributed by atoms with Crippen molar-refractivity contribution in [3.63, 3.8) is 0 Å². The van der Waals surface area contributed by atoms with Crippen molar-refractivity contribution in [3.8, 4) is 44.5 Å². The first-order valence-corrected chi connectivity index (χ1v) is 17.9. The highest BCUT2D eigenvalue weighted by Gasteiger charge is 2.22. The van der Waals surface area contributed by atoms with Crippen LogP contribution in [0.25, 0.3) is 90.9 Å². The molecule has 0 saturated carbocycles. The number of nitro benzene ring substituents is 1. The summed E-state index contributed by atoms with van der Waals surface area (Å²) in [5, 5.41) is 12.5. The molecule has 5 heterocycles. The Balaban J connectivity index is 1.48. The summed E-state index contributed by atoms with van der Waals surface area (Å²) >= 11 is 0. The van der Waals surface area contributed by atoms with E-state index in [1.807, 2.05) is 30.4 Å². The van der Waals surface area contributed by atoms with E-state index in [1.54, 1.807) is 18.2 Å². The SMILES string of the molecule is Cc1ccc(-c2c3nc(c(-c4ccc(C)cc4)c4ccc([nH]4)c(-c4ccccc4[N+](=O)[O-])c4nc(c(-c5ccc(C)cc5)c5ccc2[nH]5)C=C4)C=C3)cc1. The highest BCUT2D eigenvalue weighted by molar-refractivity contribution is 6.00. The number of para-hydroxylation sites is 1. The van der Waals surface area contributed by atoms with E-state index in [9.17, 15) is 10.1 Å². The van der Waals surface area contributed by atoms with Crippen LogP contribution in [-0.4, -0.2) is 24.9 Å². The van der Waals surface area contributed by atoms with E-state index in [4.69, 9.17) is 9.97 Å². The Morgan fingerprint density at radius 3 is 1.15 bits per heavy atom. The minimum atomic E-state index is -0.333. The summed E-state index contributed by atoms with van der Waals surface area (Å²) in [7, 11) is 0. The van der Waals surface area contributed by atoms with Gasteiger partial charge >= 0.3 is 0 Å². The number of rotatable bonds is 5. The topological polar surface area (TPSA) is 100 Å². The van der Waals surface area contributed by atoms with Crippen molar-refractivity contribution in [2.75, 3.05) is 0 Å². The van der Waals surface area contributed by atoms with Crippen LogP contribution in [0.3, 0.4) is 0 Å². The van der Waals surface area contributed by atoms with Crippen LogP contribution in [0, 0.1) is 30.9 Å². The fourth-order valence-electron chi connectivity index (χ4n) is 7.40. The third-order valence-corrected chi connectivity index (χ3v) is 10.1. The molecule has 0 radical (unpaired) electrons. The number of hydrogen-bond acceptors (Lipinski definition) is 4. The lowest BCUT2D eigenvalue weighted by molar-refractivity contribution is -0.384. The van der Waals surface area contributed by atoms with Gasteiger partial charge in [0.05, 0.1) is 33.3 Å². The smallest absolute Gasteiger partial charge is 0.277 e. The van der Waals surface area contributed by atoms with Crippen molar-refractivity contribution >= 4 is 52.1 Å². The first kappa shape index (κ1) is 32.8. The van der Waals surface area contributed by atoms with Gasteiger partial charge in [0.1, 0.15) is 0 Å². The van der Waals surface area contributed by atoms with Crippen LogP contribution in [-0.2, 0) is 0 Å². The normalized spacial score (nSPS) is 12.0. The Morgan fingerprint density at radius 2 is 0.778 bits per heavy atom. The van der Waals surface area contributed by atoms with E-state index in [0.29, 0.717) is 22.3 Å². The third-order valence-electron chi connectivity index (χ3n) is 10.1. The molecule has 7 heteroatoms. The number of benzene rings is 4. The maximum Gasteiger partial charge on any atom is 0.277 e. The fraction of sp³-hybridized carbons (Fsp3) is 0.0638. The van der Waals surface area contributed by atoms with Crippen LogP contribution in [0.15, 0.2) is 121 Å². The molecule has 54 heavy (non-hydrogen) atoms. The van der Waals surface area contributed by atoms with Crippen molar-refractivity contribution < 1.29 is 4.92 Å². The Hall–Kier alpha value is -7.12. The molecular formula is C47H35N5O2. The third kappa shape index (κ3) is 5.82. The van der Waals surface area contributed by atoms with E-state index < -0.39 is 0 Å². The lowest BCUT2D eigenvalue weighted by Gasteiger charge is -2.08. The molecule has 4 aromatic carbocycles. The van der Waals surface area contributed by atoms with E-state index in [-0.39, 0.29) is 10.6 Å². The molecule has 0 amide bonds.